The first-order chi connectivity index (χ1) is 13.2. The minimum Gasteiger partial charge on any atom is -0.496 e. The van der Waals surface area contributed by atoms with Crippen molar-refractivity contribution in [1.29, 1.82) is 0 Å². The summed E-state index contributed by atoms with van der Waals surface area (Å²) in [6, 6.07) is 14.9. The molecule has 5 nitrogen and oxygen atoms in total. The highest BCUT2D eigenvalue weighted by Crippen LogP contribution is 2.33. The molecule has 3 aromatic carbocycles. The van der Waals surface area contributed by atoms with E-state index < -0.39 is 5.97 Å². The molecule has 1 aliphatic heterocycles. The zero-order chi connectivity index (χ0) is 18.8. The van der Waals surface area contributed by atoms with Crippen molar-refractivity contribution in [2.24, 2.45) is 0 Å². The van der Waals surface area contributed by atoms with Crippen molar-refractivity contribution in [3.8, 4) is 11.5 Å². The summed E-state index contributed by atoms with van der Waals surface area (Å²) in [7, 11) is 1.53. The summed E-state index contributed by atoms with van der Waals surface area (Å²) in [5.74, 6) is 0.652. The van der Waals surface area contributed by atoms with Gasteiger partial charge in [0.1, 0.15) is 23.7 Å². The van der Waals surface area contributed by atoms with E-state index in [2.05, 4.69) is 0 Å². The Bertz CT molecular complexity index is 1010. The fraction of sp³-hybridized carbons (Fsp3) is 0.190. The van der Waals surface area contributed by atoms with E-state index in [9.17, 15) is 4.79 Å². The summed E-state index contributed by atoms with van der Waals surface area (Å²) in [4.78, 5) is 12.7. The van der Waals surface area contributed by atoms with Crippen LogP contribution in [0.2, 0.25) is 5.02 Å². The van der Waals surface area contributed by atoms with Gasteiger partial charge >= 0.3 is 5.97 Å². The summed E-state index contributed by atoms with van der Waals surface area (Å²) < 4.78 is 21.7. The van der Waals surface area contributed by atoms with E-state index in [1.54, 1.807) is 18.2 Å². The minimum absolute atomic E-state index is 0.0394. The fourth-order valence-electron chi connectivity index (χ4n) is 3.13. The lowest BCUT2D eigenvalue weighted by atomic mass is 10.1. The Hall–Kier alpha value is -2.76. The van der Waals surface area contributed by atoms with E-state index in [1.807, 2.05) is 30.3 Å². The first kappa shape index (κ1) is 17.6. The lowest BCUT2D eigenvalue weighted by Gasteiger charge is -2.21. The van der Waals surface area contributed by atoms with E-state index >= 15 is 0 Å². The third-order valence-corrected chi connectivity index (χ3v) is 4.62. The van der Waals surface area contributed by atoms with Crippen LogP contribution in [0.4, 0.5) is 0 Å². The molecule has 138 valence electrons. The SMILES string of the molecule is COc1cc2ccccc2cc1C(=O)OCc1cc(Cl)cc2c1OCOC2. The van der Waals surface area contributed by atoms with Gasteiger partial charge in [0.2, 0.25) is 0 Å². The highest BCUT2D eigenvalue weighted by Gasteiger charge is 2.20. The number of rotatable bonds is 4. The highest BCUT2D eigenvalue weighted by atomic mass is 35.5. The van der Waals surface area contributed by atoms with Crippen LogP contribution in [-0.2, 0) is 22.7 Å². The molecule has 3 aromatic rings. The molecule has 0 unspecified atom stereocenters. The Morgan fingerprint density at radius 3 is 2.70 bits per heavy atom. The van der Waals surface area contributed by atoms with E-state index in [1.165, 1.54) is 7.11 Å². The molecule has 0 aliphatic carbocycles. The van der Waals surface area contributed by atoms with Gasteiger partial charge in [-0.2, -0.15) is 0 Å². The standard InChI is InChI=1S/C21H17ClO5/c1-24-19-9-14-5-3-2-4-13(14)8-18(19)21(23)26-11-16-7-17(22)6-15-10-25-12-27-20(15)16/h2-9H,10-12H2,1H3. The zero-order valence-electron chi connectivity index (χ0n) is 14.7. The normalized spacial score (nSPS) is 13.0. The van der Waals surface area contributed by atoms with Gasteiger partial charge in [0, 0.05) is 16.1 Å². The van der Waals surface area contributed by atoms with Gasteiger partial charge in [0.25, 0.3) is 0 Å². The van der Waals surface area contributed by atoms with Crippen molar-refractivity contribution in [2.75, 3.05) is 13.9 Å². The van der Waals surface area contributed by atoms with Crippen LogP contribution < -0.4 is 9.47 Å². The van der Waals surface area contributed by atoms with E-state index in [4.69, 9.17) is 30.5 Å². The molecule has 1 aliphatic rings. The number of halogens is 1. The lowest BCUT2D eigenvalue weighted by Crippen LogP contribution is -2.14. The minimum atomic E-state index is -0.474. The predicted octanol–water partition coefficient (Wildman–Crippen LogP) is 4.73. The van der Waals surface area contributed by atoms with Crippen LogP contribution in [0.1, 0.15) is 21.5 Å². The summed E-state index contributed by atoms with van der Waals surface area (Å²) in [5.41, 5.74) is 1.91. The maximum atomic E-state index is 12.7. The largest absolute Gasteiger partial charge is 0.496 e. The summed E-state index contributed by atoms with van der Waals surface area (Å²) in [5, 5.41) is 2.46. The second-order valence-electron chi connectivity index (χ2n) is 6.14. The van der Waals surface area contributed by atoms with Crippen LogP contribution >= 0.6 is 11.6 Å². The van der Waals surface area contributed by atoms with Gasteiger partial charge < -0.3 is 18.9 Å². The van der Waals surface area contributed by atoms with Crippen LogP contribution in [0.15, 0.2) is 48.5 Å². The molecule has 0 atom stereocenters. The molecular weight excluding hydrogens is 368 g/mol. The second kappa shape index (κ2) is 7.47. The van der Waals surface area contributed by atoms with Crippen molar-refractivity contribution in [1.82, 2.24) is 0 Å². The molecule has 0 amide bonds. The maximum Gasteiger partial charge on any atom is 0.342 e. The molecule has 0 radical (unpaired) electrons. The summed E-state index contributed by atoms with van der Waals surface area (Å²) in [6.45, 7) is 0.612. The van der Waals surface area contributed by atoms with Crippen molar-refractivity contribution in [2.45, 2.75) is 13.2 Å². The van der Waals surface area contributed by atoms with Crippen LogP contribution in [0.25, 0.3) is 10.8 Å². The molecule has 0 spiro atoms. The van der Waals surface area contributed by atoms with Crippen LogP contribution in [0, 0.1) is 0 Å². The number of benzene rings is 3. The van der Waals surface area contributed by atoms with Gasteiger partial charge in [-0.1, -0.05) is 35.9 Å². The quantitative estimate of drug-likeness (QED) is 0.609. The number of fused-ring (bicyclic) bond motifs is 2. The van der Waals surface area contributed by atoms with Crippen molar-refractivity contribution in [3.05, 3.63) is 70.2 Å². The predicted molar refractivity (Wildman–Crippen MR) is 101 cm³/mol. The third-order valence-electron chi connectivity index (χ3n) is 4.40. The molecule has 0 bridgehead atoms. The van der Waals surface area contributed by atoms with Gasteiger partial charge in [-0.15, -0.1) is 0 Å². The number of carbonyl (C=O) groups is 1. The molecule has 0 saturated heterocycles. The molecular formula is C21H17ClO5. The van der Waals surface area contributed by atoms with Crippen LogP contribution in [0.5, 0.6) is 11.5 Å². The number of esters is 1. The average molecular weight is 385 g/mol. The van der Waals surface area contributed by atoms with Crippen molar-refractivity contribution >= 4 is 28.3 Å². The van der Waals surface area contributed by atoms with Gasteiger partial charge in [0.05, 0.1) is 13.7 Å². The van der Waals surface area contributed by atoms with E-state index in [0.29, 0.717) is 34.3 Å². The lowest BCUT2D eigenvalue weighted by molar-refractivity contribution is -0.0180. The topological polar surface area (TPSA) is 54.0 Å². The molecule has 6 heteroatoms. The van der Waals surface area contributed by atoms with E-state index in [-0.39, 0.29) is 13.4 Å². The first-order valence-electron chi connectivity index (χ1n) is 8.41. The number of methoxy groups -OCH3 is 1. The number of hydrogen-bond acceptors (Lipinski definition) is 5. The Morgan fingerprint density at radius 2 is 1.93 bits per heavy atom. The molecule has 0 fully saturated rings. The van der Waals surface area contributed by atoms with Crippen molar-refractivity contribution < 1.29 is 23.7 Å². The molecule has 0 N–H and O–H groups in total. The summed E-state index contributed by atoms with van der Waals surface area (Å²) in [6.07, 6.45) is 0. The third kappa shape index (κ3) is 3.56. The van der Waals surface area contributed by atoms with Gasteiger partial charge in [-0.3, -0.25) is 0 Å². The average Bonchev–Trinajstić information content (AvgIpc) is 2.70. The molecule has 27 heavy (non-hydrogen) atoms. The monoisotopic (exact) mass is 384 g/mol. The Kier molecular flexibility index (Phi) is 4.88. The van der Waals surface area contributed by atoms with E-state index in [0.717, 1.165) is 16.3 Å². The number of ether oxygens (including phenoxy) is 4. The van der Waals surface area contributed by atoms with Crippen LogP contribution in [-0.4, -0.2) is 19.9 Å². The zero-order valence-corrected chi connectivity index (χ0v) is 15.4. The Balaban J connectivity index is 1.60. The fourth-order valence-corrected chi connectivity index (χ4v) is 3.40. The molecule has 0 aromatic heterocycles. The van der Waals surface area contributed by atoms with Gasteiger partial charge in [-0.25, -0.2) is 4.79 Å². The Labute approximate surface area is 161 Å². The molecule has 0 saturated carbocycles. The summed E-state index contributed by atoms with van der Waals surface area (Å²) >= 11 is 6.16. The van der Waals surface area contributed by atoms with Gasteiger partial charge in [0.15, 0.2) is 6.79 Å². The molecule has 1 heterocycles. The number of hydrogen-bond donors (Lipinski definition) is 0. The second-order valence-corrected chi connectivity index (χ2v) is 6.58. The Morgan fingerprint density at radius 1 is 1.15 bits per heavy atom. The number of carbonyl (C=O) groups excluding carboxylic acids is 1. The van der Waals surface area contributed by atoms with Crippen LogP contribution in [0.3, 0.4) is 0 Å². The molecule has 4 rings (SSSR count). The van der Waals surface area contributed by atoms with Gasteiger partial charge in [-0.05, 0) is 35.0 Å². The highest BCUT2D eigenvalue weighted by molar-refractivity contribution is 6.30. The maximum absolute atomic E-state index is 12.7. The van der Waals surface area contributed by atoms with Crippen molar-refractivity contribution in [3.63, 3.8) is 0 Å². The first-order valence-corrected chi connectivity index (χ1v) is 8.79. The smallest absolute Gasteiger partial charge is 0.342 e.